The average Bonchev–Trinajstić information content (AvgIpc) is 2.58. The number of esters is 1. The molecule has 2 aromatic heterocycles. The predicted molar refractivity (Wildman–Crippen MR) is 52.7 cm³/mol. The number of nitrogens with one attached hydrogen (secondary N) is 1. The number of nitrogens with zero attached hydrogens (tertiary/aromatic N) is 2. The third-order valence-corrected chi connectivity index (χ3v) is 2.11. The van der Waals surface area contributed by atoms with Gasteiger partial charge in [0.1, 0.15) is 0 Å². The molecule has 0 bridgehead atoms. The highest BCUT2D eigenvalue weighted by molar-refractivity contribution is 6.00. The zero-order valence-corrected chi connectivity index (χ0v) is 8.27. The summed E-state index contributed by atoms with van der Waals surface area (Å²) >= 11 is 0. The van der Waals surface area contributed by atoms with Crippen molar-refractivity contribution < 1.29 is 9.53 Å². The van der Waals surface area contributed by atoms with Crippen molar-refractivity contribution >= 4 is 17.1 Å². The Bertz CT molecular complexity index is 582. The molecule has 0 aromatic carbocycles. The van der Waals surface area contributed by atoms with Crippen molar-refractivity contribution in [1.29, 1.82) is 0 Å². The SMILES string of the molecule is COC(=O)c1cc(=O)[nH]c2ncn(C)c12. The number of rotatable bonds is 1. The maximum absolute atomic E-state index is 11.4. The van der Waals surface area contributed by atoms with Gasteiger partial charge in [0, 0.05) is 13.1 Å². The Balaban J connectivity index is 2.86. The number of carbonyl (C=O) groups excluding carboxylic acids is 1. The number of hydrogen-bond donors (Lipinski definition) is 1. The van der Waals surface area contributed by atoms with Gasteiger partial charge < -0.3 is 14.3 Å². The van der Waals surface area contributed by atoms with Crippen LogP contribution in [0.4, 0.5) is 0 Å². The van der Waals surface area contributed by atoms with Gasteiger partial charge >= 0.3 is 5.97 Å². The Kier molecular flexibility index (Phi) is 2.03. The second kappa shape index (κ2) is 3.23. The fourth-order valence-electron chi connectivity index (χ4n) is 1.46. The molecule has 0 spiro atoms. The molecule has 1 N–H and O–H groups in total. The fraction of sp³-hybridized carbons (Fsp3) is 0.222. The van der Waals surface area contributed by atoms with E-state index in [0.29, 0.717) is 11.2 Å². The topological polar surface area (TPSA) is 77.0 Å². The molecule has 2 rings (SSSR count). The van der Waals surface area contributed by atoms with Gasteiger partial charge in [0.15, 0.2) is 5.65 Å². The van der Waals surface area contributed by atoms with Crippen LogP contribution in [0.25, 0.3) is 11.2 Å². The number of carbonyl (C=O) groups is 1. The molecule has 0 radical (unpaired) electrons. The van der Waals surface area contributed by atoms with Crippen LogP contribution in [0.5, 0.6) is 0 Å². The Labute approximate surface area is 84.5 Å². The van der Waals surface area contributed by atoms with Crippen LogP contribution >= 0.6 is 0 Å². The summed E-state index contributed by atoms with van der Waals surface area (Å²) in [4.78, 5) is 29.1. The summed E-state index contributed by atoms with van der Waals surface area (Å²) in [6.07, 6.45) is 1.52. The second-order valence-electron chi connectivity index (χ2n) is 3.09. The number of methoxy groups -OCH3 is 1. The minimum atomic E-state index is -0.547. The number of imidazole rings is 1. The zero-order chi connectivity index (χ0) is 11.0. The van der Waals surface area contributed by atoms with Crippen LogP contribution in [0.3, 0.4) is 0 Å². The van der Waals surface area contributed by atoms with Gasteiger partial charge in [-0.15, -0.1) is 0 Å². The number of pyridine rings is 1. The summed E-state index contributed by atoms with van der Waals surface area (Å²) in [6.45, 7) is 0. The van der Waals surface area contributed by atoms with Crippen LogP contribution in [-0.2, 0) is 11.8 Å². The lowest BCUT2D eigenvalue weighted by atomic mass is 10.2. The van der Waals surface area contributed by atoms with E-state index < -0.39 is 5.97 Å². The molecule has 15 heavy (non-hydrogen) atoms. The molecule has 0 atom stereocenters. The van der Waals surface area contributed by atoms with Crippen molar-refractivity contribution in [1.82, 2.24) is 14.5 Å². The minimum Gasteiger partial charge on any atom is -0.465 e. The van der Waals surface area contributed by atoms with Crippen molar-refractivity contribution in [2.24, 2.45) is 7.05 Å². The van der Waals surface area contributed by atoms with Gasteiger partial charge in [0.25, 0.3) is 5.56 Å². The van der Waals surface area contributed by atoms with Gasteiger partial charge in [0.2, 0.25) is 0 Å². The first kappa shape index (κ1) is 9.45. The molecule has 0 aliphatic carbocycles. The van der Waals surface area contributed by atoms with Gasteiger partial charge in [-0.1, -0.05) is 0 Å². The summed E-state index contributed by atoms with van der Waals surface area (Å²) in [7, 11) is 3.01. The van der Waals surface area contributed by atoms with Crippen molar-refractivity contribution in [2.45, 2.75) is 0 Å². The summed E-state index contributed by atoms with van der Waals surface area (Å²) in [6, 6.07) is 1.20. The third kappa shape index (κ3) is 1.39. The van der Waals surface area contributed by atoms with Crippen molar-refractivity contribution in [3.05, 3.63) is 28.3 Å². The molecule has 78 valence electrons. The molecule has 0 aliphatic rings. The standard InChI is InChI=1S/C9H9N3O3/c1-12-4-10-8-7(12)5(9(14)15-2)3-6(13)11-8/h3-4H,1-2H3,(H,11,13). The highest BCUT2D eigenvalue weighted by Gasteiger charge is 2.15. The monoisotopic (exact) mass is 207 g/mol. The molecule has 0 saturated heterocycles. The van der Waals surface area contributed by atoms with Gasteiger partial charge in [-0.25, -0.2) is 9.78 Å². The van der Waals surface area contributed by atoms with E-state index in [4.69, 9.17) is 0 Å². The van der Waals surface area contributed by atoms with Crippen LogP contribution in [0.15, 0.2) is 17.2 Å². The number of aromatic nitrogens is 3. The molecule has 0 unspecified atom stereocenters. The van der Waals surface area contributed by atoms with Crippen molar-refractivity contribution in [3.8, 4) is 0 Å². The predicted octanol–water partition coefficient (Wildman–Crippen LogP) is 0.0482. The maximum atomic E-state index is 11.4. The molecule has 6 nitrogen and oxygen atoms in total. The highest BCUT2D eigenvalue weighted by atomic mass is 16.5. The quantitative estimate of drug-likeness (QED) is 0.670. The molecular formula is C9H9N3O3. The third-order valence-electron chi connectivity index (χ3n) is 2.11. The van der Waals surface area contributed by atoms with E-state index in [1.54, 1.807) is 11.6 Å². The van der Waals surface area contributed by atoms with Crippen LogP contribution < -0.4 is 5.56 Å². The maximum Gasteiger partial charge on any atom is 0.340 e. The van der Waals surface area contributed by atoms with Gasteiger partial charge in [-0.05, 0) is 0 Å². The van der Waals surface area contributed by atoms with Crippen LogP contribution in [0, 0.1) is 0 Å². The van der Waals surface area contributed by atoms with Crippen LogP contribution in [0.1, 0.15) is 10.4 Å². The largest absolute Gasteiger partial charge is 0.465 e. The Morgan fingerprint density at radius 1 is 1.60 bits per heavy atom. The number of fused-ring (bicyclic) bond motifs is 1. The molecule has 0 amide bonds. The molecule has 2 aromatic rings. The molecule has 2 heterocycles. The Morgan fingerprint density at radius 2 is 2.33 bits per heavy atom. The smallest absolute Gasteiger partial charge is 0.340 e. The van der Waals surface area contributed by atoms with E-state index >= 15 is 0 Å². The molecule has 0 aliphatic heterocycles. The normalized spacial score (nSPS) is 10.5. The van der Waals surface area contributed by atoms with E-state index in [2.05, 4.69) is 14.7 Å². The van der Waals surface area contributed by atoms with Gasteiger partial charge in [0.05, 0.1) is 24.5 Å². The Morgan fingerprint density at radius 3 is 3.00 bits per heavy atom. The van der Waals surface area contributed by atoms with E-state index in [0.717, 1.165) is 0 Å². The fourth-order valence-corrected chi connectivity index (χ4v) is 1.46. The van der Waals surface area contributed by atoms with Crippen LogP contribution in [-0.4, -0.2) is 27.6 Å². The van der Waals surface area contributed by atoms with Crippen LogP contribution in [0.2, 0.25) is 0 Å². The van der Waals surface area contributed by atoms with E-state index in [9.17, 15) is 9.59 Å². The summed E-state index contributed by atoms with van der Waals surface area (Å²) in [5.74, 6) is -0.547. The Hall–Kier alpha value is -2.11. The van der Waals surface area contributed by atoms with Gasteiger partial charge in [-0.2, -0.15) is 0 Å². The molecule has 0 saturated carbocycles. The zero-order valence-electron chi connectivity index (χ0n) is 8.27. The number of aryl methyl sites for hydroxylation is 1. The van der Waals surface area contributed by atoms with E-state index in [1.807, 2.05) is 0 Å². The minimum absolute atomic E-state index is 0.219. The number of aromatic amines is 1. The second-order valence-corrected chi connectivity index (χ2v) is 3.09. The lowest BCUT2D eigenvalue weighted by molar-refractivity contribution is 0.0602. The first-order valence-electron chi connectivity index (χ1n) is 4.26. The summed E-state index contributed by atoms with van der Waals surface area (Å²) in [5, 5.41) is 0. The first-order valence-corrected chi connectivity index (χ1v) is 4.26. The van der Waals surface area contributed by atoms with E-state index in [-0.39, 0.29) is 11.1 Å². The van der Waals surface area contributed by atoms with E-state index in [1.165, 1.54) is 19.5 Å². The molecular weight excluding hydrogens is 198 g/mol. The lowest BCUT2D eigenvalue weighted by Gasteiger charge is -2.01. The average molecular weight is 207 g/mol. The summed E-state index contributed by atoms with van der Waals surface area (Å²) in [5.41, 5.74) is 0.782. The molecule has 6 heteroatoms. The number of H-pyrrole nitrogens is 1. The summed E-state index contributed by atoms with van der Waals surface area (Å²) < 4.78 is 6.24. The number of ether oxygens (including phenoxy) is 1. The number of hydrogen-bond acceptors (Lipinski definition) is 4. The van der Waals surface area contributed by atoms with Gasteiger partial charge in [-0.3, -0.25) is 4.79 Å². The van der Waals surface area contributed by atoms with Crippen molar-refractivity contribution in [2.75, 3.05) is 7.11 Å². The lowest BCUT2D eigenvalue weighted by Crippen LogP contribution is -2.12. The first-order chi connectivity index (χ1) is 7.13. The van der Waals surface area contributed by atoms with Crippen molar-refractivity contribution in [3.63, 3.8) is 0 Å². The highest BCUT2D eigenvalue weighted by Crippen LogP contribution is 2.13. The molecule has 0 fully saturated rings.